The average molecular weight is 197 g/mol. The number of hydrogen-bond acceptors (Lipinski definition) is 3. The summed E-state index contributed by atoms with van der Waals surface area (Å²) in [5.41, 5.74) is 5.67. The summed E-state index contributed by atoms with van der Waals surface area (Å²) in [5, 5.41) is 0. The van der Waals surface area contributed by atoms with E-state index in [9.17, 15) is 8.42 Å². The van der Waals surface area contributed by atoms with Crippen LogP contribution in [0.5, 0.6) is 0 Å². The second-order valence-corrected chi connectivity index (χ2v) is 3.90. The number of nitrogens with zero attached hydrogens (tertiary/aromatic N) is 1. The lowest BCUT2D eigenvalue weighted by Gasteiger charge is -1.93. The second kappa shape index (κ2) is 3.46. The van der Waals surface area contributed by atoms with Crippen molar-refractivity contribution in [3.8, 4) is 6.07 Å². The van der Waals surface area contributed by atoms with Crippen molar-refractivity contribution in [2.75, 3.05) is 5.73 Å². The SMILES string of the molecule is CC#[N+]S(=O)(=O)c1ccccc1N. The summed E-state index contributed by atoms with van der Waals surface area (Å²) >= 11 is 0. The normalized spacial score (nSPS) is 10.2. The summed E-state index contributed by atoms with van der Waals surface area (Å²) in [6.07, 6.45) is 0. The summed E-state index contributed by atoms with van der Waals surface area (Å²) < 4.78 is 25.9. The molecule has 0 unspecified atom stereocenters. The molecule has 1 rings (SSSR count). The van der Waals surface area contributed by atoms with Gasteiger partial charge in [-0.3, -0.25) is 0 Å². The molecule has 4 nitrogen and oxygen atoms in total. The molecule has 13 heavy (non-hydrogen) atoms. The van der Waals surface area contributed by atoms with Crippen molar-refractivity contribution in [2.24, 2.45) is 0 Å². The largest absolute Gasteiger partial charge is 0.512 e. The Kier molecular flexibility index (Phi) is 2.54. The maximum absolute atomic E-state index is 11.3. The minimum Gasteiger partial charge on any atom is -0.397 e. The predicted molar refractivity (Wildman–Crippen MR) is 51.0 cm³/mol. The van der Waals surface area contributed by atoms with Gasteiger partial charge in [-0.2, -0.15) is 0 Å². The first-order chi connectivity index (χ1) is 6.08. The quantitative estimate of drug-likeness (QED) is 0.690. The van der Waals surface area contributed by atoms with Gasteiger partial charge in [0.2, 0.25) is 0 Å². The van der Waals surface area contributed by atoms with E-state index in [1.54, 1.807) is 12.1 Å². The second-order valence-electron chi connectivity index (χ2n) is 2.33. The van der Waals surface area contributed by atoms with Crippen LogP contribution in [0.25, 0.3) is 4.25 Å². The third-order valence-corrected chi connectivity index (χ3v) is 2.76. The van der Waals surface area contributed by atoms with E-state index in [1.165, 1.54) is 19.1 Å². The summed E-state index contributed by atoms with van der Waals surface area (Å²) in [6.45, 7) is 1.41. The van der Waals surface area contributed by atoms with Crippen LogP contribution >= 0.6 is 0 Å². The Morgan fingerprint density at radius 2 is 2.00 bits per heavy atom. The van der Waals surface area contributed by atoms with E-state index >= 15 is 0 Å². The van der Waals surface area contributed by atoms with Crippen LogP contribution in [0.3, 0.4) is 0 Å². The highest BCUT2D eigenvalue weighted by Crippen LogP contribution is 2.19. The molecular formula is C8H9N2O2S+. The van der Waals surface area contributed by atoms with E-state index in [-0.39, 0.29) is 10.6 Å². The van der Waals surface area contributed by atoms with Gasteiger partial charge in [0.15, 0.2) is 4.90 Å². The molecule has 0 saturated heterocycles. The minimum absolute atomic E-state index is 0.0179. The first-order valence-electron chi connectivity index (χ1n) is 3.56. The van der Waals surface area contributed by atoms with E-state index in [0.29, 0.717) is 0 Å². The fraction of sp³-hybridized carbons (Fsp3) is 0.125. The highest BCUT2D eigenvalue weighted by molar-refractivity contribution is 7.93. The fourth-order valence-electron chi connectivity index (χ4n) is 0.885. The first-order valence-corrected chi connectivity index (χ1v) is 5.00. The summed E-state index contributed by atoms with van der Waals surface area (Å²) in [4.78, 5) is 0.0179. The number of benzene rings is 1. The molecular weight excluding hydrogens is 188 g/mol. The number of hydrogen-bond donors (Lipinski definition) is 1. The molecule has 0 amide bonds. The van der Waals surface area contributed by atoms with E-state index in [0.717, 1.165) is 0 Å². The van der Waals surface area contributed by atoms with Crippen LogP contribution in [-0.2, 0) is 10.0 Å². The third kappa shape index (κ3) is 1.98. The third-order valence-electron chi connectivity index (χ3n) is 1.41. The van der Waals surface area contributed by atoms with Crippen molar-refractivity contribution < 1.29 is 8.42 Å². The van der Waals surface area contributed by atoms with Crippen LogP contribution in [-0.4, -0.2) is 8.42 Å². The molecule has 0 aliphatic heterocycles. The van der Waals surface area contributed by atoms with Crippen molar-refractivity contribution in [1.82, 2.24) is 0 Å². The lowest BCUT2D eigenvalue weighted by atomic mass is 10.3. The monoisotopic (exact) mass is 197 g/mol. The highest BCUT2D eigenvalue weighted by Gasteiger charge is 2.25. The Balaban J connectivity index is 3.37. The standard InChI is InChI=1S/C8H9N2O2S/c1-2-10-13(11,12)8-6-4-3-5-7(8)9/h3-6H,9H2,1H3/q+1. The van der Waals surface area contributed by atoms with Crippen molar-refractivity contribution in [3.63, 3.8) is 0 Å². The average Bonchev–Trinajstić information content (AvgIpc) is 2.04. The molecule has 0 bridgehead atoms. The Hall–Kier alpha value is -1.54. The maximum Gasteiger partial charge on any atom is 0.512 e. The zero-order valence-electron chi connectivity index (χ0n) is 7.06. The van der Waals surface area contributed by atoms with E-state index < -0.39 is 10.0 Å². The van der Waals surface area contributed by atoms with E-state index in [4.69, 9.17) is 5.73 Å². The molecule has 0 fully saturated rings. The number of para-hydroxylation sites is 1. The molecule has 1 aromatic carbocycles. The molecule has 2 N–H and O–H groups in total. The van der Waals surface area contributed by atoms with Crippen LogP contribution in [0.1, 0.15) is 6.92 Å². The molecule has 5 heteroatoms. The molecule has 1 aromatic rings. The molecule has 0 aromatic heterocycles. The van der Waals surface area contributed by atoms with Gasteiger partial charge >= 0.3 is 10.0 Å². The van der Waals surface area contributed by atoms with Gasteiger partial charge in [-0.05, 0) is 12.1 Å². The Bertz CT molecular complexity index is 468. The van der Waals surface area contributed by atoms with E-state index in [1.807, 2.05) is 0 Å². The molecule has 0 heterocycles. The molecule has 0 atom stereocenters. The van der Waals surface area contributed by atoms with Crippen LogP contribution in [0.4, 0.5) is 5.69 Å². The van der Waals surface area contributed by atoms with Crippen molar-refractivity contribution in [2.45, 2.75) is 11.8 Å². The molecule has 0 aliphatic rings. The molecule has 0 radical (unpaired) electrons. The van der Waals surface area contributed by atoms with Gasteiger partial charge in [-0.15, -0.1) is 8.42 Å². The van der Waals surface area contributed by atoms with Gasteiger partial charge in [0.25, 0.3) is 6.07 Å². The minimum atomic E-state index is -3.65. The van der Waals surface area contributed by atoms with Gasteiger partial charge < -0.3 is 5.73 Å². The number of rotatable bonds is 1. The number of nitrogens with two attached hydrogens (primary N) is 1. The molecule has 0 aliphatic carbocycles. The number of sulfonamides is 1. The topological polar surface area (TPSA) is 64.5 Å². The van der Waals surface area contributed by atoms with Crippen LogP contribution < -0.4 is 5.73 Å². The van der Waals surface area contributed by atoms with Crippen LogP contribution in [0.2, 0.25) is 0 Å². The van der Waals surface area contributed by atoms with Crippen LogP contribution in [0.15, 0.2) is 29.2 Å². The smallest absolute Gasteiger partial charge is 0.397 e. The summed E-state index contributed by atoms with van der Waals surface area (Å²) in [6, 6.07) is 8.39. The van der Waals surface area contributed by atoms with Crippen molar-refractivity contribution >= 4 is 15.7 Å². The number of nitrogen functional groups attached to an aromatic ring is 1. The number of anilines is 1. The summed E-state index contributed by atoms with van der Waals surface area (Å²) in [5.74, 6) is 0. The van der Waals surface area contributed by atoms with Gasteiger partial charge in [-0.25, -0.2) is 0 Å². The van der Waals surface area contributed by atoms with Gasteiger partial charge in [0.05, 0.1) is 16.9 Å². The van der Waals surface area contributed by atoms with Gasteiger partial charge in [0, 0.05) is 0 Å². The van der Waals surface area contributed by atoms with Crippen molar-refractivity contribution in [3.05, 3.63) is 28.5 Å². The summed E-state index contributed by atoms with van der Waals surface area (Å²) in [7, 11) is -3.65. The van der Waals surface area contributed by atoms with Gasteiger partial charge in [-0.1, -0.05) is 12.1 Å². The first kappa shape index (κ1) is 9.55. The zero-order valence-corrected chi connectivity index (χ0v) is 7.88. The molecule has 0 spiro atoms. The lowest BCUT2D eigenvalue weighted by Crippen LogP contribution is -1.99. The van der Waals surface area contributed by atoms with E-state index in [2.05, 4.69) is 10.3 Å². The lowest BCUT2D eigenvalue weighted by molar-refractivity contribution is 0.604. The highest BCUT2D eigenvalue weighted by atomic mass is 32.2. The van der Waals surface area contributed by atoms with Gasteiger partial charge in [0.1, 0.15) is 0 Å². The molecule has 68 valence electrons. The Morgan fingerprint density at radius 3 is 2.54 bits per heavy atom. The maximum atomic E-state index is 11.3. The van der Waals surface area contributed by atoms with Crippen molar-refractivity contribution in [1.29, 1.82) is 0 Å². The Labute approximate surface area is 76.9 Å². The zero-order chi connectivity index (χ0) is 9.90. The fourth-order valence-corrected chi connectivity index (χ4v) is 1.84. The Morgan fingerprint density at radius 1 is 1.38 bits per heavy atom. The molecule has 0 saturated carbocycles. The van der Waals surface area contributed by atoms with Crippen LogP contribution in [0, 0.1) is 6.07 Å². The predicted octanol–water partition coefficient (Wildman–Crippen LogP) is 1.31.